The normalized spacial score (nSPS) is 10.5. The van der Waals surface area contributed by atoms with Crippen molar-refractivity contribution < 1.29 is 28.2 Å². The Morgan fingerprint density at radius 2 is 1.63 bits per heavy atom. The lowest BCUT2D eigenvalue weighted by atomic mass is 10.2. The van der Waals surface area contributed by atoms with E-state index >= 15 is 0 Å². The van der Waals surface area contributed by atoms with Gasteiger partial charge in [0.15, 0.2) is 6.61 Å². The van der Waals surface area contributed by atoms with E-state index in [0.29, 0.717) is 41.6 Å². The summed E-state index contributed by atoms with van der Waals surface area (Å²) < 4.78 is 26.6. The first kappa shape index (κ1) is 21.5. The summed E-state index contributed by atoms with van der Waals surface area (Å²) in [5, 5.41) is 8.59. The van der Waals surface area contributed by atoms with Gasteiger partial charge in [-0.2, -0.15) is 0 Å². The molecule has 0 atom stereocenters. The van der Waals surface area contributed by atoms with E-state index in [-0.39, 0.29) is 6.61 Å². The number of carbonyl (C=O) groups excluding carboxylic acids is 1. The summed E-state index contributed by atoms with van der Waals surface area (Å²) >= 11 is 1.42. The summed E-state index contributed by atoms with van der Waals surface area (Å²) in [5.41, 5.74) is 0.830. The van der Waals surface area contributed by atoms with Gasteiger partial charge in [-0.05, 0) is 55.5 Å². The fraction of sp³-hybridized carbons (Fsp3) is 0.286. The molecule has 0 aliphatic rings. The fourth-order valence-electron chi connectivity index (χ4n) is 2.38. The Bertz CT molecular complexity index is 927. The van der Waals surface area contributed by atoms with Gasteiger partial charge in [-0.3, -0.25) is 0 Å². The van der Waals surface area contributed by atoms with Gasteiger partial charge < -0.3 is 23.4 Å². The monoisotopic (exact) mass is 430 g/mol. The van der Waals surface area contributed by atoms with Gasteiger partial charge in [-0.1, -0.05) is 11.8 Å². The van der Waals surface area contributed by atoms with E-state index in [1.807, 2.05) is 24.3 Å². The van der Waals surface area contributed by atoms with Crippen LogP contribution in [0.25, 0.3) is 11.5 Å². The van der Waals surface area contributed by atoms with Gasteiger partial charge in [-0.15, -0.1) is 10.2 Å². The van der Waals surface area contributed by atoms with Crippen LogP contribution in [0.4, 0.5) is 0 Å². The van der Waals surface area contributed by atoms with E-state index in [0.717, 1.165) is 11.3 Å². The molecule has 0 amide bonds. The molecule has 0 fully saturated rings. The summed E-state index contributed by atoms with van der Waals surface area (Å²) in [6.45, 7) is 2.43. The Hall–Kier alpha value is -3.20. The molecule has 0 saturated heterocycles. The number of methoxy groups -OCH3 is 1. The van der Waals surface area contributed by atoms with Crippen molar-refractivity contribution in [1.82, 2.24) is 10.2 Å². The average Bonchev–Trinajstić information content (AvgIpc) is 3.25. The van der Waals surface area contributed by atoms with Crippen molar-refractivity contribution >= 4 is 17.7 Å². The molecule has 30 heavy (non-hydrogen) atoms. The zero-order chi connectivity index (χ0) is 21.2. The molecule has 2 aromatic carbocycles. The zero-order valence-electron chi connectivity index (χ0n) is 16.7. The summed E-state index contributed by atoms with van der Waals surface area (Å²) in [6, 6.07) is 14.4. The van der Waals surface area contributed by atoms with Crippen molar-refractivity contribution in [3.05, 3.63) is 48.5 Å². The number of hydrogen-bond acceptors (Lipinski definition) is 9. The van der Waals surface area contributed by atoms with E-state index in [1.54, 1.807) is 38.3 Å². The molecular weight excluding hydrogens is 408 g/mol. The SMILES string of the molecule is CCOC(=O)COc1ccc(OCCSc2nnc(-c3ccc(OC)cc3)o2)cc1. The summed E-state index contributed by atoms with van der Waals surface area (Å²) in [6.07, 6.45) is 0. The molecule has 0 saturated carbocycles. The lowest BCUT2D eigenvalue weighted by Crippen LogP contribution is -2.14. The highest BCUT2D eigenvalue weighted by Gasteiger charge is 2.09. The van der Waals surface area contributed by atoms with Crippen LogP contribution >= 0.6 is 11.8 Å². The fourth-order valence-corrected chi connectivity index (χ4v) is 2.96. The van der Waals surface area contributed by atoms with Crippen LogP contribution < -0.4 is 14.2 Å². The second kappa shape index (κ2) is 11.1. The first-order chi connectivity index (χ1) is 14.7. The predicted octanol–water partition coefficient (Wildman–Crippen LogP) is 3.86. The largest absolute Gasteiger partial charge is 0.497 e. The lowest BCUT2D eigenvalue weighted by molar-refractivity contribution is -0.145. The number of nitrogens with zero attached hydrogens (tertiary/aromatic N) is 2. The number of benzene rings is 2. The molecule has 0 radical (unpaired) electrons. The summed E-state index contributed by atoms with van der Waals surface area (Å²) in [5.74, 6) is 2.74. The van der Waals surface area contributed by atoms with E-state index < -0.39 is 5.97 Å². The maximum absolute atomic E-state index is 11.3. The highest BCUT2D eigenvalue weighted by molar-refractivity contribution is 7.99. The third-order valence-electron chi connectivity index (χ3n) is 3.81. The molecule has 0 unspecified atom stereocenters. The minimum absolute atomic E-state index is 0.118. The van der Waals surface area contributed by atoms with E-state index in [1.165, 1.54) is 11.8 Å². The summed E-state index contributed by atoms with van der Waals surface area (Å²) in [7, 11) is 1.62. The van der Waals surface area contributed by atoms with Crippen LogP contribution in [-0.4, -0.2) is 48.8 Å². The smallest absolute Gasteiger partial charge is 0.344 e. The van der Waals surface area contributed by atoms with Gasteiger partial charge in [0.25, 0.3) is 5.22 Å². The minimum Gasteiger partial charge on any atom is -0.497 e. The van der Waals surface area contributed by atoms with Crippen LogP contribution in [-0.2, 0) is 9.53 Å². The second-order valence-electron chi connectivity index (χ2n) is 5.86. The van der Waals surface area contributed by atoms with Crippen molar-refractivity contribution in [1.29, 1.82) is 0 Å². The number of ether oxygens (including phenoxy) is 4. The Labute approximate surface area is 178 Å². The molecule has 3 rings (SSSR count). The Kier molecular flexibility index (Phi) is 7.96. The van der Waals surface area contributed by atoms with Gasteiger partial charge in [0.2, 0.25) is 5.89 Å². The van der Waals surface area contributed by atoms with E-state index in [2.05, 4.69) is 10.2 Å². The lowest BCUT2D eigenvalue weighted by Gasteiger charge is -2.08. The van der Waals surface area contributed by atoms with Crippen molar-refractivity contribution in [2.75, 3.05) is 32.7 Å². The molecule has 0 spiro atoms. The number of hydrogen-bond donors (Lipinski definition) is 0. The Morgan fingerprint density at radius 3 is 2.30 bits per heavy atom. The molecule has 9 heteroatoms. The van der Waals surface area contributed by atoms with Gasteiger partial charge in [-0.25, -0.2) is 4.79 Å². The first-order valence-corrected chi connectivity index (χ1v) is 10.3. The molecule has 0 aliphatic carbocycles. The Balaban J connectivity index is 1.39. The standard InChI is InChI=1S/C21H22N2O6S/c1-3-26-19(24)14-28-18-10-8-17(9-11-18)27-12-13-30-21-23-22-20(29-21)15-4-6-16(25-2)7-5-15/h4-11H,3,12-14H2,1-2H3. The van der Waals surface area contributed by atoms with Gasteiger partial charge in [0, 0.05) is 11.3 Å². The number of thioether (sulfide) groups is 1. The van der Waals surface area contributed by atoms with Crippen molar-refractivity contribution in [2.45, 2.75) is 12.1 Å². The van der Waals surface area contributed by atoms with Gasteiger partial charge in [0.1, 0.15) is 17.2 Å². The van der Waals surface area contributed by atoms with Crippen LogP contribution in [0.5, 0.6) is 17.2 Å². The average molecular weight is 430 g/mol. The molecule has 0 bridgehead atoms. The molecule has 0 N–H and O–H groups in total. The van der Waals surface area contributed by atoms with E-state index in [4.69, 9.17) is 23.4 Å². The maximum atomic E-state index is 11.3. The second-order valence-corrected chi connectivity index (χ2v) is 6.91. The maximum Gasteiger partial charge on any atom is 0.344 e. The van der Waals surface area contributed by atoms with Crippen LogP contribution in [0, 0.1) is 0 Å². The minimum atomic E-state index is -0.397. The van der Waals surface area contributed by atoms with Crippen LogP contribution in [0.3, 0.4) is 0 Å². The van der Waals surface area contributed by atoms with Crippen LogP contribution in [0.15, 0.2) is 58.2 Å². The van der Waals surface area contributed by atoms with Crippen molar-refractivity contribution in [3.63, 3.8) is 0 Å². The zero-order valence-corrected chi connectivity index (χ0v) is 17.5. The van der Waals surface area contributed by atoms with Gasteiger partial charge >= 0.3 is 5.97 Å². The molecule has 1 heterocycles. The van der Waals surface area contributed by atoms with Crippen LogP contribution in [0.2, 0.25) is 0 Å². The third-order valence-corrected chi connectivity index (χ3v) is 4.59. The number of carbonyl (C=O) groups is 1. The van der Waals surface area contributed by atoms with Crippen LogP contribution in [0.1, 0.15) is 6.92 Å². The predicted molar refractivity (Wildman–Crippen MR) is 111 cm³/mol. The third kappa shape index (κ3) is 6.41. The Morgan fingerprint density at radius 1 is 0.967 bits per heavy atom. The number of rotatable bonds is 11. The van der Waals surface area contributed by atoms with Crippen molar-refractivity contribution in [3.8, 4) is 28.7 Å². The summed E-state index contributed by atoms with van der Waals surface area (Å²) in [4.78, 5) is 11.3. The van der Waals surface area contributed by atoms with Crippen molar-refractivity contribution in [2.24, 2.45) is 0 Å². The molecule has 1 aromatic heterocycles. The molecule has 0 aliphatic heterocycles. The highest BCUT2D eigenvalue weighted by atomic mass is 32.2. The first-order valence-electron chi connectivity index (χ1n) is 9.30. The van der Waals surface area contributed by atoms with Gasteiger partial charge in [0.05, 0.1) is 20.3 Å². The quantitative estimate of drug-likeness (QED) is 0.255. The number of aromatic nitrogens is 2. The van der Waals surface area contributed by atoms with E-state index in [9.17, 15) is 4.79 Å². The topological polar surface area (TPSA) is 92.9 Å². The molecule has 8 nitrogen and oxygen atoms in total. The highest BCUT2D eigenvalue weighted by Crippen LogP contribution is 2.25. The molecule has 158 valence electrons. The number of esters is 1. The molecule has 3 aromatic rings. The molecular formula is C21H22N2O6S.